The van der Waals surface area contributed by atoms with Crippen LogP contribution in [0, 0.1) is 34.5 Å². The van der Waals surface area contributed by atoms with Crippen molar-refractivity contribution in [1.82, 2.24) is 0 Å². The molecule has 12 unspecified atom stereocenters. The monoisotopic (exact) mass is 542 g/mol. The molecule has 0 radical (unpaired) electrons. The van der Waals surface area contributed by atoms with Gasteiger partial charge in [-0.2, -0.15) is 0 Å². The Morgan fingerprint density at radius 2 is 1.77 bits per heavy atom. The van der Waals surface area contributed by atoms with Crippen LogP contribution in [0.25, 0.3) is 0 Å². The van der Waals surface area contributed by atoms with E-state index in [1.165, 1.54) is 14.0 Å². The Balaban J connectivity index is 1.53. The zero-order valence-corrected chi connectivity index (χ0v) is 22.7. The number of aliphatic hydroxyl groups is 2. The molecule has 3 aliphatic heterocycles. The summed E-state index contributed by atoms with van der Waals surface area (Å²) < 4.78 is 23.2. The molecule has 2 N–H and O–H groups in total. The maximum atomic E-state index is 14.1. The van der Waals surface area contributed by atoms with Gasteiger partial charge >= 0.3 is 17.9 Å². The van der Waals surface area contributed by atoms with Gasteiger partial charge in [0.1, 0.15) is 11.9 Å². The molecule has 12 atom stereocenters. The van der Waals surface area contributed by atoms with Gasteiger partial charge in [-0.05, 0) is 50.0 Å². The molecule has 39 heavy (non-hydrogen) atoms. The summed E-state index contributed by atoms with van der Waals surface area (Å²) in [5, 5.41) is 25.2. The van der Waals surface area contributed by atoms with Crippen molar-refractivity contribution in [2.75, 3.05) is 7.11 Å². The lowest BCUT2D eigenvalue weighted by Gasteiger charge is -2.64. The summed E-state index contributed by atoms with van der Waals surface area (Å²) in [6.07, 6.45) is 4.32. The maximum absolute atomic E-state index is 14.1. The highest BCUT2D eigenvalue weighted by Crippen LogP contribution is 2.74. The van der Waals surface area contributed by atoms with Gasteiger partial charge in [0.25, 0.3) is 0 Å². The molecule has 2 saturated carbocycles. The minimum absolute atomic E-state index is 0.108. The Morgan fingerprint density at radius 1 is 1.05 bits per heavy atom. The Labute approximate surface area is 225 Å². The highest BCUT2D eigenvalue weighted by Gasteiger charge is 2.93. The molecule has 3 heterocycles. The van der Waals surface area contributed by atoms with Crippen LogP contribution >= 0.6 is 0 Å². The first-order valence-electron chi connectivity index (χ1n) is 13.7. The van der Waals surface area contributed by atoms with Crippen LogP contribution in [0.3, 0.4) is 0 Å². The average molecular weight is 543 g/mol. The molecule has 0 aromatic rings. The highest BCUT2D eigenvalue weighted by molar-refractivity contribution is 5.95. The van der Waals surface area contributed by atoms with E-state index in [0.29, 0.717) is 5.57 Å². The first-order valence-corrected chi connectivity index (χ1v) is 13.7. The predicted octanol–water partition coefficient (Wildman–Crippen LogP) is 1.16. The number of methoxy groups -OCH3 is 1. The summed E-state index contributed by atoms with van der Waals surface area (Å²) in [5.74, 6) is -6.13. The van der Waals surface area contributed by atoms with Gasteiger partial charge in [-0.25, -0.2) is 9.59 Å². The Bertz CT molecular complexity index is 1320. The van der Waals surface area contributed by atoms with E-state index in [1.54, 1.807) is 32.9 Å². The van der Waals surface area contributed by atoms with Gasteiger partial charge in [0, 0.05) is 19.4 Å². The van der Waals surface area contributed by atoms with Crippen LogP contribution in [-0.4, -0.2) is 75.6 Å². The number of rotatable bonds is 1. The molecule has 4 bridgehead atoms. The lowest BCUT2D eigenvalue weighted by molar-refractivity contribution is -0.303. The van der Waals surface area contributed by atoms with Gasteiger partial charge in [0.2, 0.25) is 11.2 Å². The van der Waals surface area contributed by atoms with Gasteiger partial charge in [-0.3, -0.25) is 9.59 Å². The number of carbonyl (C=O) groups excluding carboxylic acids is 4. The highest BCUT2D eigenvalue weighted by atomic mass is 16.7. The molecule has 210 valence electrons. The summed E-state index contributed by atoms with van der Waals surface area (Å²) in [4.78, 5) is 54.7. The van der Waals surface area contributed by atoms with Crippen molar-refractivity contribution in [3.8, 4) is 0 Å². The third-order valence-electron chi connectivity index (χ3n) is 12.1. The fourth-order valence-corrected chi connectivity index (χ4v) is 9.81. The Hall–Kier alpha value is -2.56. The largest absolute Gasteiger partial charge is 0.458 e. The second-order valence-corrected chi connectivity index (χ2v) is 13.4. The molecule has 5 fully saturated rings. The third-order valence-corrected chi connectivity index (χ3v) is 12.1. The number of hydrogen-bond acceptors (Lipinski definition) is 10. The minimum Gasteiger partial charge on any atom is -0.458 e. The van der Waals surface area contributed by atoms with Crippen molar-refractivity contribution in [3.63, 3.8) is 0 Å². The zero-order valence-electron chi connectivity index (χ0n) is 22.7. The zero-order chi connectivity index (χ0) is 28.1. The molecular weight excluding hydrogens is 508 g/mol. The van der Waals surface area contributed by atoms with Gasteiger partial charge < -0.3 is 29.2 Å². The number of Topliss-reactive ketones (excluding diaryl/α,β-unsaturated/α-hetero) is 1. The molecular formula is C29H34O10. The van der Waals surface area contributed by atoms with Crippen molar-refractivity contribution in [1.29, 1.82) is 0 Å². The number of allylic oxidation sites excluding steroid dienone is 2. The minimum atomic E-state index is -2.32. The smallest absolute Gasteiger partial charge is 0.343 e. The van der Waals surface area contributed by atoms with Crippen molar-refractivity contribution >= 4 is 23.7 Å². The first kappa shape index (κ1) is 25.4. The van der Waals surface area contributed by atoms with Crippen LogP contribution < -0.4 is 0 Å². The topological polar surface area (TPSA) is 146 Å². The molecule has 7 aliphatic rings. The molecule has 3 saturated heterocycles. The lowest BCUT2D eigenvalue weighted by Crippen LogP contribution is -2.80. The van der Waals surface area contributed by atoms with Crippen LogP contribution in [0.15, 0.2) is 23.8 Å². The normalized spacial score (nSPS) is 56.7. The summed E-state index contributed by atoms with van der Waals surface area (Å²) in [7, 11) is 1.53. The van der Waals surface area contributed by atoms with Crippen molar-refractivity contribution in [3.05, 3.63) is 23.8 Å². The summed E-state index contributed by atoms with van der Waals surface area (Å²) in [6, 6.07) is 0. The third kappa shape index (κ3) is 2.37. The average Bonchev–Trinajstić information content (AvgIpc) is 3.23. The van der Waals surface area contributed by atoms with Crippen LogP contribution in [0.2, 0.25) is 0 Å². The molecule has 7 rings (SSSR count). The van der Waals surface area contributed by atoms with Gasteiger partial charge in [-0.1, -0.05) is 32.1 Å². The maximum Gasteiger partial charge on any atom is 0.343 e. The first-order chi connectivity index (χ1) is 18.2. The molecule has 4 aliphatic carbocycles. The van der Waals surface area contributed by atoms with E-state index in [1.807, 2.05) is 6.08 Å². The van der Waals surface area contributed by atoms with E-state index in [0.717, 1.165) is 0 Å². The van der Waals surface area contributed by atoms with Crippen molar-refractivity contribution in [2.24, 2.45) is 34.5 Å². The van der Waals surface area contributed by atoms with Gasteiger partial charge in [0.15, 0.2) is 11.2 Å². The van der Waals surface area contributed by atoms with Crippen molar-refractivity contribution < 1.29 is 48.3 Å². The second kappa shape index (κ2) is 7.01. The van der Waals surface area contributed by atoms with Crippen LogP contribution in [0.5, 0.6) is 0 Å². The summed E-state index contributed by atoms with van der Waals surface area (Å²) in [6.45, 7) is 6.79. The number of carbonyl (C=O) groups is 4. The lowest BCUT2D eigenvalue weighted by atomic mass is 9.40. The Kier molecular flexibility index (Phi) is 4.57. The van der Waals surface area contributed by atoms with E-state index >= 15 is 0 Å². The summed E-state index contributed by atoms with van der Waals surface area (Å²) in [5.41, 5.74) is -9.80. The van der Waals surface area contributed by atoms with E-state index in [2.05, 4.69) is 0 Å². The van der Waals surface area contributed by atoms with E-state index in [-0.39, 0.29) is 31.5 Å². The number of ketones is 1. The van der Waals surface area contributed by atoms with Crippen molar-refractivity contribution in [2.45, 2.75) is 88.0 Å². The van der Waals surface area contributed by atoms with Crippen LogP contribution in [0.1, 0.15) is 53.4 Å². The van der Waals surface area contributed by atoms with Crippen LogP contribution in [-0.2, 0) is 38.1 Å². The Morgan fingerprint density at radius 3 is 2.46 bits per heavy atom. The molecule has 10 nitrogen and oxygen atoms in total. The standard InChI is InChI=1S/C29H34O10/c1-13-20(31)37-19-12-24(13,2)21-28(35)17-7-6-14-10-15(36-5)11-18(30)25(14,3)16(17)8-9-27(34)22(32)38-26(19,4)29(21,27)39-23(28)33/h6-7,10,13,15-17,19,21,34-35H,8-9,11-12H2,1-5H3. The molecule has 10 heteroatoms. The fraction of sp³-hybridized carbons (Fsp3) is 0.724. The number of fused-ring (bicyclic) bond motifs is 7. The second-order valence-electron chi connectivity index (χ2n) is 13.4. The van der Waals surface area contributed by atoms with Crippen LogP contribution in [0.4, 0.5) is 0 Å². The number of esters is 3. The molecule has 1 spiro atoms. The summed E-state index contributed by atoms with van der Waals surface area (Å²) >= 11 is 0. The van der Waals surface area contributed by atoms with E-state index in [9.17, 15) is 29.4 Å². The number of hydrogen-bond donors (Lipinski definition) is 2. The van der Waals surface area contributed by atoms with Gasteiger partial charge in [-0.15, -0.1) is 0 Å². The SMILES string of the molecule is COC1C=C2C=CC3C(CCC4(O)C(=O)OC5(C)C6CC(C)(C(C)C(=O)O6)C6C3(O)C(=O)OC645)C2(C)C(=O)C1. The quantitative estimate of drug-likeness (QED) is 0.366. The van der Waals surface area contributed by atoms with E-state index in [4.69, 9.17) is 18.9 Å². The number of ether oxygens (including phenoxy) is 4. The fourth-order valence-electron chi connectivity index (χ4n) is 9.81. The van der Waals surface area contributed by atoms with Gasteiger partial charge in [0.05, 0.1) is 23.4 Å². The molecule has 0 aromatic carbocycles. The molecule has 0 amide bonds. The predicted molar refractivity (Wildman–Crippen MR) is 130 cm³/mol. The molecule has 0 aromatic heterocycles. The van der Waals surface area contributed by atoms with E-state index < -0.39 is 87.0 Å².